The fourth-order valence-electron chi connectivity index (χ4n) is 1.98. The van der Waals surface area contributed by atoms with Crippen molar-refractivity contribution in [3.8, 4) is 0 Å². The van der Waals surface area contributed by atoms with Gasteiger partial charge in [-0.2, -0.15) is 0 Å². The highest BCUT2D eigenvalue weighted by atomic mass is 35.5. The molecule has 0 amide bonds. The first-order chi connectivity index (χ1) is 8.88. The van der Waals surface area contributed by atoms with E-state index in [2.05, 4.69) is 0 Å². The standard InChI is InChI=1S/C15H13Cl2FO/c1-15(19,11-3-2-4-12(16)8-11)9-10-7-13(17)5-6-14(10)18/h2-8,19H,9H2,1H3. The van der Waals surface area contributed by atoms with Gasteiger partial charge in [-0.1, -0.05) is 35.3 Å². The molecule has 1 unspecified atom stereocenters. The Morgan fingerprint density at radius 2 is 1.79 bits per heavy atom. The molecule has 2 rings (SSSR count). The first-order valence-electron chi connectivity index (χ1n) is 5.81. The average Bonchev–Trinajstić information content (AvgIpc) is 2.33. The van der Waals surface area contributed by atoms with Crippen LogP contribution in [0, 0.1) is 5.82 Å². The number of hydrogen-bond acceptors (Lipinski definition) is 1. The number of aliphatic hydroxyl groups is 1. The zero-order valence-electron chi connectivity index (χ0n) is 10.3. The minimum Gasteiger partial charge on any atom is -0.385 e. The van der Waals surface area contributed by atoms with Gasteiger partial charge in [0.25, 0.3) is 0 Å². The third kappa shape index (κ3) is 3.47. The first-order valence-corrected chi connectivity index (χ1v) is 6.56. The van der Waals surface area contributed by atoms with Crippen molar-refractivity contribution in [2.45, 2.75) is 18.9 Å². The fraction of sp³-hybridized carbons (Fsp3) is 0.200. The van der Waals surface area contributed by atoms with E-state index in [1.54, 1.807) is 31.2 Å². The van der Waals surface area contributed by atoms with Crippen LogP contribution in [0.5, 0.6) is 0 Å². The van der Waals surface area contributed by atoms with Gasteiger partial charge in [0, 0.05) is 16.5 Å². The number of halogens is 3. The van der Waals surface area contributed by atoms with Crippen LogP contribution in [0.3, 0.4) is 0 Å². The van der Waals surface area contributed by atoms with E-state index in [0.29, 0.717) is 21.2 Å². The van der Waals surface area contributed by atoms with Crippen LogP contribution in [0.25, 0.3) is 0 Å². The molecule has 1 nitrogen and oxygen atoms in total. The second-order valence-corrected chi connectivity index (χ2v) is 5.57. The molecule has 0 fully saturated rings. The smallest absolute Gasteiger partial charge is 0.126 e. The van der Waals surface area contributed by atoms with Crippen molar-refractivity contribution in [1.82, 2.24) is 0 Å². The molecule has 0 aliphatic rings. The highest BCUT2D eigenvalue weighted by Crippen LogP contribution is 2.29. The Hall–Kier alpha value is -1.09. The molecule has 1 N–H and O–H groups in total. The van der Waals surface area contributed by atoms with E-state index >= 15 is 0 Å². The summed E-state index contributed by atoms with van der Waals surface area (Å²) in [5.74, 6) is -0.383. The summed E-state index contributed by atoms with van der Waals surface area (Å²) >= 11 is 11.8. The zero-order chi connectivity index (χ0) is 14.0. The van der Waals surface area contributed by atoms with Crippen LogP contribution in [-0.2, 0) is 12.0 Å². The minimum absolute atomic E-state index is 0.125. The van der Waals surface area contributed by atoms with Crippen molar-refractivity contribution >= 4 is 23.2 Å². The largest absolute Gasteiger partial charge is 0.385 e. The van der Waals surface area contributed by atoms with E-state index < -0.39 is 5.60 Å². The summed E-state index contributed by atoms with van der Waals surface area (Å²) < 4.78 is 13.7. The van der Waals surface area contributed by atoms with E-state index in [9.17, 15) is 9.50 Å². The summed E-state index contributed by atoms with van der Waals surface area (Å²) in [4.78, 5) is 0. The van der Waals surface area contributed by atoms with E-state index in [4.69, 9.17) is 23.2 Å². The number of hydrogen-bond donors (Lipinski definition) is 1. The molecular weight excluding hydrogens is 286 g/mol. The van der Waals surface area contributed by atoms with Crippen LogP contribution in [0.1, 0.15) is 18.1 Å². The lowest BCUT2D eigenvalue weighted by Crippen LogP contribution is -2.24. The molecule has 0 heterocycles. The molecule has 2 aromatic rings. The van der Waals surface area contributed by atoms with Crippen molar-refractivity contribution < 1.29 is 9.50 Å². The summed E-state index contributed by atoms with van der Waals surface area (Å²) in [5.41, 5.74) is -0.201. The van der Waals surface area contributed by atoms with Gasteiger partial charge >= 0.3 is 0 Å². The van der Waals surface area contributed by atoms with Gasteiger partial charge < -0.3 is 5.11 Å². The highest BCUT2D eigenvalue weighted by molar-refractivity contribution is 6.30. The molecule has 2 aromatic carbocycles. The van der Waals surface area contributed by atoms with Crippen molar-refractivity contribution in [2.24, 2.45) is 0 Å². The molecule has 0 aliphatic carbocycles. The van der Waals surface area contributed by atoms with Gasteiger partial charge in [-0.05, 0) is 48.4 Å². The van der Waals surface area contributed by atoms with Gasteiger partial charge in [0.15, 0.2) is 0 Å². The second kappa shape index (κ2) is 5.49. The molecule has 0 aromatic heterocycles. The molecule has 1 atom stereocenters. The predicted octanol–water partition coefficient (Wildman–Crippen LogP) is 4.58. The molecular formula is C15H13Cl2FO. The lowest BCUT2D eigenvalue weighted by Gasteiger charge is -2.24. The molecule has 0 aliphatic heterocycles. The van der Waals surface area contributed by atoms with E-state index in [0.717, 1.165) is 0 Å². The number of rotatable bonds is 3. The van der Waals surface area contributed by atoms with E-state index in [-0.39, 0.29) is 12.2 Å². The molecule has 4 heteroatoms. The monoisotopic (exact) mass is 298 g/mol. The zero-order valence-corrected chi connectivity index (χ0v) is 11.8. The topological polar surface area (TPSA) is 20.2 Å². The highest BCUT2D eigenvalue weighted by Gasteiger charge is 2.25. The number of benzene rings is 2. The van der Waals surface area contributed by atoms with Gasteiger partial charge in [-0.3, -0.25) is 0 Å². The average molecular weight is 299 g/mol. The maximum Gasteiger partial charge on any atom is 0.126 e. The van der Waals surface area contributed by atoms with Gasteiger partial charge in [0.1, 0.15) is 5.82 Å². The minimum atomic E-state index is -1.21. The molecule has 0 bridgehead atoms. The Morgan fingerprint density at radius 1 is 1.11 bits per heavy atom. The predicted molar refractivity (Wildman–Crippen MR) is 76.1 cm³/mol. The summed E-state index contributed by atoms with van der Waals surface area (Å²) in [6.07, 6.45) is 0.125. The van der Waals surface area contributed by atoms with Crippen molar-refractivity contribution in [2.75, 3.05) is 0 Å². The molecule has 0 saturated heterocycles. The maximum absolute atomic E-state index is 13.7. The SMILES string of the molecule is CC(O)(Cc1cc(Cl)ccc1F)c1cccc(Cl)c1. The Kier molecular flexibility index (Phi) is 4.14. The molecule has 100 valence electrons. The fourth-order valence-corrected chi connectivity index (χ4v) is 2.36. The van der Waals surface area contributed by atoms with Crippen molar-refractivity contribution in [3.63, 3.8) is 0 Å². The Morgan fingerprint density at radius 3 is 2.47 bits per heavy atom. The van der Waals surface area contributed by atoms with Crippen molar-refractivity contribution in [1.29, 1.82) is 0 Å². The normalized spacial score (nSPS) is 14.2. The summed E-state index contributed by atoms with van der Waals surface area (Å²) in [6.45, 7) is 1.62. The van der Waals surface area contributed by atoms with Crippen LogP contribution in [0.4, 0.5) is 4.39 Å². The lowest BCUT2D eigenvalue weighted by molar-refractivity contribution is 0.0567. The molecule has 0 saturated carbocycles. The summed E-state index contributed by atoms with van der Waals surface area (Å²) in [6, 6.07) is 11.2. The van der Waals surface area contributed by atoms with Crippen LogP contribution >= 0.6 is 23.2 Å². The van der Waals surface area contributed by atoms with Gasteiger partial charge in [-0.25, -0.2) is 4.39 Å². The molecule has 0 radical (unpaired) electrons. The first kappa shape index (κ1) is 14.3. The van der Waals surface area contributed by atoms with Crippen LogP contribution in [-0.4, -0.2) is 5.11 Å². The van der Waals surface area contributed by atoms with E-state index in [1.165, 1.54) is 18.2 Å². The molecule has 19 heavy (non-hydrogen) atoms. The maximum atomic E-state index is 13.7. The Balaban J connectivity index is 2.33. The van der Waals surface area contributed by atoms with Gasteiger partial charge in [-0.15, -0.1) is 0 Å². The Bertz CT molecular complexity index is 596. The summed E-state index contributed by atoms with van der Waals surface area (Å²) in [5, 5.41) is 11.5. The third-order valence-electron chi connectivity index (χ3n) is 2.99. The molecule has 0 spiro atoms. The van der Waals surface area contributed by atoms with Gasteiger partial charge in [0.05, 0.1) is 5.60 Å². The summed E-state index contributed by atoms with van der Waals surface area (Å²) in [7, 11) is 0. The van der Waals surface area contributed by atoms with Crippen LogP contribution in [0.2, 0.25) is 10.0 Å². The second-order valence-electron chi connectivity index (χ2n) is 4.70. The van der Waals surface area contributed by atoms with Crippen molar-refractivity contribution in [3.05, 3.63) is 69.5 Å². The third-order valence-corrected chi connectivity index (χ3v) is 3.46. The Labute approximate surface area is 121 Å². The lowest BCUT2D eigenvalue weighted by atomic mass is 9.89. The van der Waals surface area contributed by atoms with Gasteiger partial charge in [0.2, 0.25) is 0 Å². The van der Waals surface area contributed by atoms with Crippen LogP contribution < -0.4 is 0 Å². The van der Waals surface area contributed by atoms with E-state index in [1.807, 2.05) is 0 Å². The van der Waals surface area contributed by atoms with Crippen LogP contribution in [0.15, 0.2) is 42.5 Å². The quantitative estimate of drug-likeness (QED) is 0.879.